The summed E-state index contributed by atoms with van der Waals surface area (Å²) in [6, 6.07) is 9.33. The van der Waals surface area contributed by atoms with E-state index in [-0.39, 0.29) is 18.7 Å². The summed E-state index contributed by atoms with van der Waals surface area (Å²) in [6.45, 7) is 7.03. The lowest BCUT2D eigenvalue weighted by Gasteiger charge is -2.33. The molecule has 7 nitrogen and oxygen atoms in total. The lowest BCUT2D eigenvalue weighted by Crippen LogP contribution is -2.52. The van der Waals surface area contributed by atoms with Gasteiger partial charge in [0.05, 0.1) is 12.1 Å². The number of piperidine rings is 1. The maximum absolute atomic E-state index is 12.8. The number of hydrazine groups is 1. The van der Waals surface area contributed by atoms with Crippen LogP contribution in [-0.4, -0.2) is 64.9 Å². The van der Waals surface area contributed by atoms with Gasteiger partial charge in [-0.25, -0.2) is 19.6 Å². The van der Waals surface area contributed by atoms with Gasteiger partial charge in [0.15, 0.2) is 0 Å². The van der Waals surface area contributed by atoms with Gasteiger partial charge >= 0.3 is 12.2 Å². The van der Waals surface area contributed by atoms with Gasteiger partial charge in [-0.2, -0.15) is 0 Å². The van der Waals surface area contributed by atoms with Crippen molar-refractivity contribution in [1.82, 2.24) is 14.9 Å². The number of nitrogens with zero attached hydrogens (tertiary/aromatic N) is 3. The Kier molecular flexibility index (Phi) is 5.09. The Morgan fingerprint density at radius 2 is 1.62 bits per heavy atom. The Morgan fingerprint density at radius 3 is 2.19 bits per heavy atom. The highest BCUT2D eigenvalue weighted by Gasteiger charge is 2.50. The van der Waals surface area contributed by atoms with Gasteiger partial charge in [0.25, 0.3) is 0 Å². The van der Waals surface area contributed by atoms with Gasteiger partial charge in [0.1, 0.15) is 12.2 Å². The Morgan fingerprint density at radius 1 is 1.04 bits per heavy atom. The molecule has 0 aliphatic carbocycles. The first-order valence-corrected chi connectivity index (χ1v) is 8.95. The van der Waals surface area contributed by atoms with E-state index in [4.69, 9.17) is 9.47 Å². The summed E-state index contributed by atoms with van der Waals surface area (Å²) in [5, 5.41) is 2.90. The number of hydrogen-bond donors (Lipinski definition) is 0. The van der Waals surface area contributed by atoms with E-state index in [2.05, 4.69) is 4.90 Å². The summed E-state index contributed by atoms with van der Waals surface area (Å²) in [6.07, 6.45) is -0.274. The topological polar surface area (TPSA) is 62.3 Å². The molecule has 2 heterocycles. The Labute approximate surface area is 154 Å². The third-order valence-corrected chi connectivity index (χ3v) is 4.49. The van der Waals surface area contributed by atoms with Crippen LogP contribution >= 0.6 is 0 Å². The maximum atomic E-state index is 12.8. The number of likely N-dealkylation sites (tertiary alicyclic amines) is 1. The molecule has 0 spiro atoms. The number of rotatable bonds is 2. The number of ether oxygens (including phenoxy) is 2. The average molecular weight is 361 g/mol. The first-order valence-electron chi connectivity index (χ1n) is 8.95. The molecule has 2 fully saturated rings. The monoisotopic (exact) mass is 361 g/mol. The largest absolute Gasteiger partial charge is 0.443 e. The number of likely N-dealkylation sites (N-methyl/N-ethyl adjacent to an activating group) is 1. The molecule has 2 bridgehead atoms. The number of carbonyl (C=O) groups is 2. The van der Waals surface area contributed by atoms with Crippen molar-refractivity contribution in [1.29, 1.82) is 0 Å². The summed E-state index contributed by atoms with van der Waals surface area (Å²) < 4.78 is 11.0. The van der Waals surface area contributed by atoms with E-state index in [0.717, 1.165) is 12.0 Å². The van der Waals surface area contributed by atoms with Crippen molar-refractivity contribution in [3.63, 3.8) is 0 Å². The lowest BCUT2D eigenvalue weighted by atomic mass is 10.0. The minimum absolute atomic E-state index is 0.0853. The molecule has 3 rings (SSSR count). The fourth-order valence-electron chi connectivity index (χ4n) is 3.53. The van der Waals surface area contributed by atoms with E-state index < -0.39 is 17.8 Å². The predicted octanol–water partition coefficient (Wildman–Crippen LogP) is 2.86. The molecule has 2 atom stereocenters. The molecule has 1 aromatic carbocycles. The minimum Gasteiger partial charge on any atom is -0.443 e. The number of fused-ring (bicyclic) bond motifs is 2. The molecule has 2 amide bonds. The molecule has 2 saturated heterocycles. The van der Waals surface area contributed by atoms with Crippen LogP contribution in [0, 0.1) is 0 Å². The average Bonchev–Trinajstić information content (AvgIpc) is 2.83. The molecule has 1 aromatic rings. The number of carbonyl (C=O) groups excluding carboxylic acids is 2. The fraction of sp³-hybridized carbons (Fsp3) is 0.579. The Hall–Kier alpha value is -2.28. The van der Waals surface area contributed by atoms with Gasteiger partial charge in [-0.1, -0.05) is 30.3 Å². The molecule has 7 heteroatoms. The van der Waals surface area contributed by atoms with Crippen LogP contribution in [0.5, 0.6) is 0 Å². The third-order valence-electron chi connectivity index (χ3n) is 4.49. The number of hydrogen-bond acceptors (Lipinski definition) is 5. The molecule has 0 radical (unpaired) electrons. The van der Waals surface area contributed by atoms with E-state index in [1.165, 1.54) is 10.0 Å². The van der Waals surface area contributed by atoms with Crippen molar-refractivity contribution in [3.8, 4) is 0 Å². The molecule has 2 aliphatic rings. The highest BCUT2D eigenvalue weighted by Crippen LogP contribution is 2.32. The highest BCUT2D eigenvalue weighted by atomic mass is 16.6. The van der Waals surface area contributed by atoms with Crippen LogP contribution < -0.4 is 0 Å². The Bertz CT molecular complexity index is 658. The standard InChI is InChI=1S/C19H27N3O4/c1-19(2,3)26-18(24)22-16-10-15(11-20(4)12-16)21(22)17(23)25-13-14-8-6-5-7-9-14/h5-9,15-16H,10-13H2,1-4H3. The van der Waals surface area contributed by atoms with Crippen LogP contribution in [0.2, 0.25) is 0 Å². The van der Waals surface area contributed by atoms with Gasteiger partial charge in [0.2, 0.25) is 0 Å². The smallest absolute Gasteiger partial charge is 0.429 e. The van der Waals surface area contributed by atoms with Gasteiger partial charge in [0, 0.05) is 13.1 Å². The van der Waals surface area contributed by atoms with E-state index >= 15 is 0 Å². The molecule has 2 unspecified atom stereocenters. The molecule has 0 saturated carbocycles. The van der Waals surface area contributed by atoms with Crippen molar-refractivity contribution in [2.45, 2.75) is 51.5 Å². The van der Waals surface area contributed by atoms with Crippen LogP contribution in [0.3, 0.4) is 0 Å². The first kappa shape index (κ1) is 18.5. The number of amides is 2. The summed E-state index contributed by atoms with van der Waals surface area (Å²) in [5.41, 5.74) is 0.281. The van der Waals surface area contributed by atoms with Crippen LogP contribution in [0.25, 0.3) is 0 Å². The summed E-state index contributed by atoms with van der Waals surface area (Å²) in [7, 11) is 1.99. The lowest BCUT2D eigenvalue weighted by molar-refractivity contribution is -0.0434. The zero-order valence-corrected chi connectivity index (χ0v) is 15.8. The van der Waals surface area contributed by atoms with Crippen LogP contribution in [0.4, 0.5) is 9.59 Å². The normalized spacial score (nSPS) is 23.1. The van der Waals surface area contributed by atoms with Gasteiger partial charge in [-0.3, -0.25) is 0 Å². The SMILES string of the molecule is CN1CC2CC(C1)N(C(=O)OC(C)(C)C)N2C(=O)OCc1ccccc1. The van der Waals surface area contributed by atoms with Gasteiger partial charge in [-0.05, 0) is 39.8 Å². The van der Waals surface area contributed by atoms with E-state index in [1.807, 2.05) is 58.2 Å². The van der Waals surface area contributed by atoms with E-state index in [0.29, 0.717) is 13.1 Å². The zero-order valence-electron chi connectivity index (χ0n) is 15.8. The van der Waals surface area contributed by atoms with Crippen molar-refractivity contribution >= 4 is 12.2 Å². The number of benzene rings is 1. The van der Waals surface area contributed by atoms with Crippen LogP contribution in [0.1, 0.15) is 32.8 Å². The second-order valence-electron chi connectivity index (χ2n) is 7.97. The minimum atomic E-state index is -0.626. The molecule has 0 aromatic heterocycles. The third kappa shape index (κ3) is 4.09. The van der Waals surface area contributed by atoms with Gasteiger partial charge < -0.3 is 14.4 Å². The van der Waals surface area contributed by atoms with Crippen molar-refractivity contribution in [2.75, 3.05) is 20.1 Å². The zero-order chi connectivity index (χ0) is 18.9. The van der Waals surface area contributed by atoms with Crippen molar-refractivity contribution in [2.24, 2.45) is 0 Å². The van der Waals surface area contributed by atoms with Crippen molar-refractivity contribution < 1.29 is 19.1 Å². The second-order valence-corrected chi connectivity index (χ2v) is 7.97. The summed E-state index contributed by atoms with van der Waals surface area (Å²) >= 11 is 0. The summed E-state index contributed by atoms with van der Waals surface area (Å²) in [4.78, 5) is 27.6. The molecule has 0 N–H and O–H groups in total. The Balaban J connectivity index is 1.75. The van der Waals surface area contributed by atoms with E-state index in [1.54, 1.807) is 0 Å². The van der Waals surface area contributed by atoms with Crippen LogP contribution in [0.15, 0.2) is 30.3 Å². The van der Waals surface area contributed by atoms with Gasteiger partial charge in [-0.15, -0.1) is 0 Å². The second kappa shape index (κ2) is 7.15. The molecule has 26 heavy (non-hydrogen) atoms. The summed E-state index contributed by atoms with van der Waals surface area (Å²) in [5.74, 6) is 0. The molecular weight excluding hydrogens is 334 g/mol. The molecular formula is C19H27N3O4. The van der Waals surface area contributed by atoms with Crippen LogP contribution in [-0.2, 0) is 16.1 Å². The predicted molar refractivity (Wildman–Crippen MR) is 96.2 cm³/mol. The van der Waals surface area contributed by atoms with Crippen molar-refractivity contribution in [3.05, 3.63) is 35.9 Å². The first-order chi connectivity index (χ1) is 12.2. The highest BCUT2D eigenvalue weighted by molar-refractivity contribution is 5.76. The molecule has 142 valence electrons. The van der Waals surface area contributed by atoms with E-state index in [9.17, 15) is 9.59 Å². The molecule has 2 aliphatic heterocycles. The fourth-order valence-corrected chi connectivity index (χ4v) is 3.53. The quantitative estimate of drug-likeness (QED) is 0.811. The maximum Gasteiger partial charge on any atom is 0.429 e.